The second-order valence-corrected chi connectivity index (χ2v) is 4.72. The first kappa shape index (κ1) is 14.5. The average Bonchev–Trinajstić information content (AvgIpc) is 2.68. The molecule has 0 saturated carbocycles. The van der Waals surface area contributed by atoms with Gasteiger partial charge in [-0.15, -0.1) is 0 Å². The second kappa shape index (κ2) is 7.69. The number of hydrazine groups is 1. The lowest BCUT2D eigenvalue weighted by molar-refractivity contribution is 0.441. The molecule has 0 fully saturated rings. The molecule has 1 aromatic heterocycles. The SMILES string of the molecule is CCCCCC(NN)c1c(Cl)cnn1CCC. The van der Waals surface area contributed by atoms with Gasteiger partial charge in [0.05, 0.1) is 23.0 Å². The van der Waals surface area contributed by atoms with Gasteiger partial charge in [-0.3, -0.25) is 16.0 Å². The van der Waals surface area contributed by atoms with Crippen LogP contribution in [0.15, 0.2) is 6.20 Å². The zero-order chi connectivity index (χ0) is 12.7. The number of rotatable bonds is 8. The van der Waals surface area contributed by atoms with E-state index in [1.54, 1.807) is 6.20 Å². The molecule has 17 heavy (non-hydrogen) atoms. The Balaban J connectivity index is 2.75. The summed E-state index contributed by atoms with van der Waals surface area (Å²) in [5.74, 6) is 5.63. The predicted octanol–water partition coefficient (Wildman–Crippen LogP) is 3.03. The zero-order valence-electron chi connectivity index (χ0n) is 10.7. The highest BCUT2D eigenvalue weighted by Crippen LogP contribution is 2.26. The van der Waals surface area contributed by atoms with E-state index in [1.807, 2.05) is 4.68 Å². The van der Waals surface area contributed by atoms with Crippen LogP contribution in [-0.2, 0) is 6.54 Å². The fourth-order valence-electron chi connectivity index (χ4n) is 2.01. The van der Waals surface area contributed by atoms with Crippen molar-refractivity contribution in [1.82, 2.24) is 15.2 Å². The minimum Gasteiger partial charge on any atom is -0.271 e. The van der Waals surface area contributed by atoms with Crippen molar-refractivity contribution in [2.45, 2.75) is 58.5 Å². The van der Waals surface area contributed by atoms with Gasteiger partial charge in [-0.05, 0) is 12.8 Å². The number of aromatic nitrogens is 2. The summed E-state index contributed by atoms with van der Waals surface area (Å²) in [6, 6.07) is 0.100. The van der Waals surface area contributed by atoms with Crippen molar-refractivity contribution < 1.29 is 0 Å². The fraction of sp³-hybridized carbons (Fsp3) is 0.750. The third-order valence-corrected chi connectivity index (χ3v) is 3.19. The van der Waals surface area contributed by atoms with Crippen LogP contribution in [0.2, 0.25) is 5.02 Å². The smallest absolute Gasteiger partial charge is 0.0834 e. The lowest BCUT2D eigenvalue weighted by atomic mass is 10.1. The van der Waals surface area contributed by atoms with Crippen LogP contribution >= 0.6 is 11.6 Å². The number of nitrogens with zero attached hydrogens (tertiary/aromatic N) is 2. The highest BCUT2D eigenvalue weighted by Gasteiger charge is 2.18. The molecule has 0 aromatic carbocycles. The van der Waals surface area contributed by atoms with Crippen molar-refractivity contribution in [1.29, 1.82) is 0 Å². The number of nitrogens with two attached hydrogens (primary N) is 1. The summed E-state index contributed by atoms with van der Waals surface area (Å²) >= 11 is 6.19. The molecule has 5 heteroatoms. The van der Waals surface area contributed by atoms with Gasteiger partial charge in [-0.25, -0.2) is 0 Å². The molecular formula is C12H23ClN4. The molecule has 0 bridgehead atoms. The zero-order valence-corrected chi connectivity index (χ0v) is 11.5. The standard InChI is InChI=1S/C12H23ClN4/c1-3-5-6-7-11(16-14)12-10(13)9-15-17(12)8-4-2/h9,11,16H,3-8,14H2,1-2H3. The summed E-state index contributed by atoms with van der Waals surface area (Å²) in [5, 5.41) is 5.00. The molecule has 1 aromatic rings. The van der Waals surface area contributed by atoms with Crippen molar-refractivity contribution in [2.24, 2.45) is 5.84 Å². The molecule has 0 aliphatic heterocycles. The number of unbranched alkanes of at least 4 members (excludes halogenated alkanes) is 2. The molecule has 0 radical (unpaired) electrons. The Morgan fingerprint density at radius 2 is 2.18 bits per heavy atom. The summed E-state index contributed by atoms with van der Waals surface area (Å²) in [6.07, 6.45) is 7.32. The summed E-state index contributed by atoms with van der Waals surface area (Å²) < 4.78 is 1.96. The summed E-state index contributed by atoms with van der Waals surface area (Å²) in [4.78, 5) is 0. The van der Waals surface area contributed by atoms with Crippen molar-refractivity contribution in [3.05, 3.63) is 16.9 Å². The largest absolute Gasteiger partial charge is 0.271 e. The van der Waals surface area contributed by atoms with E-state index in [9.17, 15) is 0 Å². The molecule has 0 spiro atoms. The van der Waals surface area contributed by atoms with Gasteiger partial charge in [0.25, 0.3) is 0 Å². The molecule has 0 amide bonds. The first-order valence-corrected chi connectivity index (χ1v) is 6.79. The summed E-state index contributed by atoms with van der Waals surface area (Å²) in [7, 11) is 0. The molecule has 1 atom stereocenters. The van der Waals surface area contributed by atoms with Crippen LogP contribution in [0.1, 0.15) is 57.7 Å². The van der Waals surface area contributed by atoms with Gasteiger partial charge in [-0.1, -0.05) is 44.7 Å². The van der Waals surface area contributed by atoms with E-state index < -0.39 is 0 Å². The van der Waals surface area contributed by atoms with E-state index >= 15 is 0 Å². The van der Waals surface area contributed by atoms with Crippen molar-refractivity contribution >= 4 is 11.6 Å². The Labute approximate surface area is 108 Å². The van der Waals surface area contributed by atoms with E-state index in [-0.39, 0.29) is 6.04 Å². The lowest BCUT2D eigenvalue weighted by Gasteiger charge is -2.18. The maximum Gasteiger partial charge on any atom is 0.0834 e. The third-order valence-electron chi connectivity index (χ3n) is 2.90. The monoisotopic (exact) mass is 258 g/mol. The van der Waals surface area contributed by atoms with E-state index in [1.165, 1.54) is 12.8 Å². The molecule has 3 N–H and O–H groups in total. The van der Waals surface area contributed by atoms with Crippen molar-refractivity contribution in [3.8, 4) is 0 Å². The number of hydrogen-bond acceptors (Lipinski definition) is 3. The maximum atomic E-state index is 6.19. The maximum absolute atomic E-state index is 6.19. The first-order valence-electron chi connectivity index (χ1n) is 6.41. The molecular weight excluding hydrogens is 236 g/mol. The highest BCUT2D eigenvalue weighted by molar-refractivity contribution is 6.31. The van der Waals surface area contributed by atoms with Gasteiger partial charge in [0.15, 0.2) is 0 Å². The van der Waals surface area contributed by atoms with Crippen LogP contribution < -0.4 is 11.3 Å². The Morgan fingerprint density at radius 1 is 1.41 bits per heavy atom. The molecule has 1 rings (SSSR count). The number of halogens is 1. The van der Waals surface area contributed by atoms with Crippen LogP contribution in [0.4, 0.5) is 0 Å². The molecule has 0 aliphatic rings. The number of aryl methyl sites for hydroxylation is 1. The number of nitrogens with one attached hydrogen (secondary N) is 1. The van der Waals surface area contributed by atoms with E-state index in [0.717, 1.165) is 31.5 Å². The molecule has 1 unspecified atom stereocenters. The van der Waals surface area contributed by atoms with Crippen molar-refractivity contribution in [3.63, 3.8) is 0 Å². The highest BCUT2D eigenvalue weighted by atomic mass is 35.5. The second-order valence-electron chi connectivity index (χ2n) is 4.32. The van der Waals surface area contributed by atoms with Gasteiger partial charge < -0.3 is 0 Å². The predicted molar refractivity (Wildman–Crippen MR) is 71.7 cm³/mol. The van der Waals surface area contributed by atoms with Gasteiger partial charge in [0.2, 0.25) is 0 Å². The van der Waals surface area contributed by atoms with Crippen LogP contribution in [0.25, 0.3) is 0 Å². The molecule has 1 heterocycles. The minimum atomic E-state index is 0.100. The van der Waals surface area contributed by atoms with Gasteiger partial charge >= 0.3 is 0 Å². The Kier molecular flexibility index (Phi) is 6.55. The topological polar surface area (TPSA) is 55.9 Å². The Morgan fingerprint density at radius 3 is 2.76 bits per heavy atom. The number of hydrogen-bond donors (Lipinski definition) is 2. The average molecular weight is 259 g/mol. The van der Waals surface area contributed by atoms with Crippen LogP contribution in [-0.4, -0.2) is 9.78 Å². The van der Waals surface area contributed by atoms with E-state index in [2.05, 4.69) is 24.4 Å². The first-order chi connectivity index (χ1) is 8.24. The molecule has 4 nitrogen and oxygen atoms in total. The quantitative estimate of drug-likeness (QED) is 0.428. The van der Waals surface area contributed by atoms with Crippen LogP contribution in [0.3, 0.4) is 0 Å². The molecule has 0 saturated heterocycles. The summed E-state index contributed by atoms with van der Waals surface area (Å²) in [5.41, 5.74) is 3.88. The van der Waals surface area contributed by atoms with Crippen molar-refractivity contribution in [2.75, 3.05) is 0 Å². The summed E-state index contributed by atoms with van der Waals surface area (Å²) in [6.45, 7) is 5.20. The molecule has 98 valence electrons. The fourth-order valence-corrected chi connectivity index (χ4v) is 2.28. The van der Waals surface area contributed by atoms with Crippen LogP contribution in [0, 0.1) is 0 Å². The Hall–Kier alpha value is -0.580. The van der Waals surface area contributed by atoms with E-state index in [0.29, 0.717) is 5.02 Å². The van der Waals surface area contributed by atoms with Gasteiger partial charge in [-0.2, -0.15) is 5.10 Å². The normalized spacial score (nSPS) is 12.9. The van der Waals surface area contributed by atoms with E-state index in [4.69, 9.17) is 17.4 Å². The Bertz CT molecular complexity index is 324. The minimum absolute atomic E-state index is 0.100. The third kappa shape index (κ3) is 3.98. The van der Waals surface area contributed by atoms with Gasteiger partial charge in [0, 0.05) is 6.54 Å². The van der Waals surface area contributed by atoms with Gasteiger partial charge in [0.1, 0.15) is 0 Å². The lowest BCUT2D eigenvalue weighted by Crippen LogP contribution is -2.30. The van der Waals surface area contributed by atoms with Crippen LogP contribution in [0.5, 0.6) is 0 Å². The molecule has 0 aliphatic carbocycles.